The number of methoxy groups -OCH3 is 1. The average Bonchev–Trinajstić information content (AvgIpc) is 2.78. The molecule has 0 aromatic carbocycles. The van der Waals surface area contributed by atoms with Crippen LogP contribution in [0.15, 0.2) is 12.4 Å². The van der Waals surface area contributed by atoms with Gasteiger partial charge in [0.2, 0.25) is 17.7 Å². The van der Waals surface area contributed by atoms with Crippen LogP contribution in [0, 0.1) is 12.8 Å². The Balaban J connectivity index is 1.33. The molecule has 10 nitrogen and oxygen atoms in total. The first-order valence-electron chi connectivity index (χ1n) is 11.3. The zero-order chi connectivity index (χ0) is 25.3. The first-order valence-corrected chi connectivity index (χ1v) is 11.3. The summed E-state index contributed by atoms with van der Waals surface area (Å²) in [6.45, 7) is 4.13. The number of hydrogen-bond donors (Lipinski definition) is 2. The van der Waals surface area contributed by atoms with E-state index in [1.807, 2.05) is 25.8 Å². The SMILES string of the molecule is CC[C@@H](OC)[C@H]1C(=O)Nc2c(C)nc(N[C@H]3C[C@@H](COc4cnc(C(F)(F)F)nc4)C3)nc2N1C. The lowest BCUT2D eigenvalue weighted by Gasteiger charge is -2.39. The van der Waals surface area contributed by atoms with Crippen molar-refractivity contribution in [3.05, 3.63) is 23.9 Å². The Morgan fingerprint density at radius 1 is 1.26 bits per heavy atom. The van der Waals surface area contributed by atoms with E-state index < -0.39 is 18.0 Å². The van der Waals surface area contributed by atoms with Crippen molar-refractivity contribution in [2.75, 3.05) is 36.3 Å². The minimum Gasteiger partial charge on any atom is -0.490 e. The van der Waals surface area contributed by atoms with Crippen LogP contribution in [0.25, 0.3) is 0 Å². The maximum Gasteiger partial charge on any atom is 0.451 e. The number of carbonyl (C=O) groups is 1. The number of rotatable bonds is 8. The van der Waals surface area contributed by atoms with E-state index in [4.69, 9.17) is 9.47 Å². The summed E-state index contributed by atoms with van der Waals surface area (Å²) >= 11 is 0. The summed E-state index contributed by atoms with van der Waals surface area (Å²) in [5, 5.41) is 6.24. The second kappa shape index (κ2) is 9.80. The number of anilines is 3. The van der Waals surface area contributed by atoms with E-state index in [1.165, 1.54) is 0 Å². The lowest BCUT2D eigenvalue weighted by molar-refractivity contribution is -0.145. The molecule has 0 spiro atoms. The number of nitrogens with zero attached hydrogens (tertiary/aromatic N) is 5. The van der Waals surface area contributed by atoms with Crippen LogP contribution < -0.4 is 20.3 Å². The molecule has 2 atom stereocenters. The standard InChI is InChI=1S/C22H28F3N7O3/c1-5-15(34-4)17-19(33)30-16-11(2)28-21(31-18(16)32(17)3)29-13-6-12(7-13)10-35-14-8-26-20(27-9-14)22(23,24)25/h8-9,12-13,15,17H,5-7,10H2,1-4H3,(H,30,33)(H,28,29,31)/t12-,13+,15-,17+/m1/s1. The normalized spacial score (nSPS) is 22.7. The highest BCUT2D eigenvalue weighted by molar-refractivity contribution is 6.03. The molecule has 190 valence electrons. The molecule has 2 aromatic heterocycles. The molecule has 0 radical (unpaired) electrons. The van der Waals surface area contributed by atoms with Crippen LogP contribution in [0.5, 0.6) is 5.75 Å². The Kier molecular flexibility index (Phi) is 6.97. The van der Waals surface area contributed by atoms with Crippen molar-refractivity contribution in [3.63, 3.8) is 0 Å². The van der Waals surface area contributed by atoms with Gasteiger partial charge in [0.05, 0.1) is 30.8 Å². The van der Waals surface area contributed by atoms with Crippen LogP contribution in [0.3, 0.4) is 0 Å². The third kappa shape index (κ3) is 5.24. The number of likely N-dealkylation sites (N-methyl/N-ethyl adjacent to an activating group) is 1. The smallest absolute Gasteiger partial charge is 0.451 e. The molecule has 1 aliphatic carbocycles. The van der Waals surface area contributed by atoms with Gasteiger partial charge in [0.1, 0.15) is 11.7 Å². The largest absolute Gasteiger partial charge is 0.490 e. The molecule has 1 amide bonds. The topological polar surface area (TPSA) is 114 Å². The van der Waals surface area contributed by atoms with Crippen molar-refractivity contribution >= 4 is 23.4 Å². The summed E-state index contributed by atoms with van der Waals surface area (Å²) in [5.41, 5.74) is 1.24. The van der Waals surface area contributed by atoms with Gasteiger partial charge in [-0.25, -0.2) is 15.0 Å². The van der Waals surface area contributed by atoms with Gasteiger partial charge in [0.25, 0.3) is 0 Å². The highest BCUT2D eigenvalue weighted by Crippen LogP contribution is 2.36. The van der Waals surface area contributed by atoms with E-state index in [0.717, 1.165) is 25.2 Å². The highest BCUT2D eigenvalue weighted by atomic mass is 19.4. The van der Waals surface area contributed by atoms with Gasteiger partial charge in [-0.05, 0) is 32.1 Å². The number of halogens is 3. The van der Waals surface area contributed by atoms with Crippen molar-refractivity contribution < 1.29 is 27.4 Å². The molecule has 2 aromatic rings. The first kappa shape index (κ1) is 24.9. The van der Waals surface area contributed by atoms with Crippen molar-refractivity contribution in [1.82, 2.24) is 19.9 Å². The average molecular weight is 496 g/mol. The zero-order valence-electron chi connectivity index (χ0n) is 19.9. The van der Waals surface area contributed by atoms with E-state index in [0.29, 0.717) is 36.2 Å². The molecule has 1 fully saturated rings. The van der Waals surface area contributed by atoms with Gasteiger partial charge in [0.15, 0.2) is 11.6 Å². The van der Waals surface area contributed by atoms with Gasteiger partial charge >= 0.3 is 6.18 Å². The van der Waals surface area contributed by atoms with Crippen LogP contribution >= 0.6 is 0 Å². The van der Waals surface area contributed by atoms with Gasteiger partial charge in [-0.1, -0.05) is 6.92 Å². The minimum absolute atomic E-state index is 0.131. The van der Waals surface area contributed by atoms with Crippen molar-refractivity contribution in [2.24, 2.45) is 5.92 Å². The lowest BCUT2D eigenvalue weighted by atomic mass is 9.81. The van der Waals surface area contributed by atoms with Crippen molar-refractivity contribution in [1.29, 1.82) is 0 Å². The summed E-state index contributed by atoms with van der Waals surface area (Å²) < 4.78 is 48.7. The van der Waals surface area contributed by atoms with Crippen LogP contribution in [0.1, 0.15) is 37.7 Å². The Bertz CT molecular complexity index is 1060. The maximum atomic E-state index is 12.7. The summed E-state index contributed by atoms with van der Waals surface area (Å²) in [7, 11) is 3.41. The molecule has 1 saturated carbocycles. The number of carbonyl (C=O) groups excluding carboxylic acids is 1. The van der Waals surface area contributed by atoms with Crippen LogP contribution in [0.4, 0.5) is 30.6 Å². The molecule has 3 heterocycles. The fourth-order valence-corrected chi connectivity index (χ4v) is 4.39. The fourth-order valence-electron chi connectivity index (χ4n) is 4.39. The minimum atomic E-state index is -4.58. The molecular formula is C22H28F3N7O3. The Hall–Kier alpha value is -3.22. The number of amides is 1. The summed E-state index contributed by atoms with van der Waals surface area (Å²) in [4.78, 5) is 30.3. The van der Waals surface area contributed by atoms with E-state index in [2.05, 4.69) is 30.6 Å². The zero-order valence-corrected chi connectivity index (χ0v) is 19.9. The highest BCUT2D eigenvalue weighted by Gasteiger charge is 2.39. The molecule has 4 rings (SSSR count). The number of nitrogens with one attached hydrogen (secondary N) is 2. The van der Waals surface area contributed by atoms with Crippen LogP contribution in [0.2, 0.25) is 0 Å². The van der Waals surface area contributed by atoms with E-state index in [1.54, 1.807) is 7.11 Å². The van der Waals surface area contributed by atoms with Crippen molar-refractivity contribution in [3.8, 4) is 5.75 Å². The molecule has 0 saturated heterocycles. The van der Waals surface area contributed by atoms with Gasteiger partial charge in [-0.3, -0.25) is 4.79 Å². The first-order chi connectivity index (χ1) is 16.6. The Morgan fingerprint density at radius 3 is 2.54 bits per heavy atom. The number of aromatic nitrogens is 4. The number of ether oxygens (including phenoxy) is 2. The molecule has 1 aliphatic heterocycles. The monoisotopic (exact) mass is 495 g/mol. The Labute approximate surface area is 200 Å². The maximum absolute atomic E-state index is 12.7. The van der Waals surface area contributed by atoms with Gasteiger partial charge in [-0.15, -0.1) is 0 Å². The fraction of sp³-hybridized carbons (Fsp3) is 0.591. The lowest BCUT2D eigenvalue weighted by Crippen LogP contribution is -2.53. The number of aryl methyl sites for hydroxylation is 1. The summed E-state index contributed by atoms with van der Waals surface area (Å²) in [5.74, 6) is 0.176. The van der Waals surface area contributed by atoms with Gasteiger partial charge in [0, 0.05) is 20.2 Å². The number of alkyl halides is 3. The third-order valence-electron chi connectivity index (χ3n) is 6.33. The second-order valence-electron chi connectivity index (χ2n) is 8.79. The summed E-state index contributed by atoms with van der Waals surface area (Å²) in [6, 6.07) is -0.370. The molecule has 2 N–H and O–H groups in total. The molecular weight excluding hydrogens is 467 g/mol. The molecule has 35 heavy (non-hydrogen) atoms. The number of fused-ring (bicyclic) bond motifs is 1. The van der Waals surface area contributed by atoms with E-state index in [-0.39, 0.29) is 29.7 Å². The van der Waals surface area contributed by atoms with E-state index in [9.17, 15) is 18.0 Å². The van der Waals surface area contributed by atoms with Gasteiger partial charge in [-0.2, -0.15) is 18.2 Å². The quantitative estimate of drug-likeness (QED) is 0.570. The molecule has 2 aliphatic rings. The number of hydrogen-bond acceptors (Lipinski definition) is 9. The van der Waals surface area contributed by atoms with Crippen LogP contribution in [-0.2, 0) is 15.7 Å². The second-order valence-corrected chi connectivity index (χ2v) is 8.79. The molecule has 0 bridgehead atoms. The van der Waals surface area contributed by atoms with Gasteiger partial charge < -0.3 is 25.0 Å². The predicted molar refractivity (Wildman–Crippen MR) is 121 cm³/mol. The molecule has 0 unspecified atom stereocenters. The third-order valence-corrected chi connectivity index (χ3v) is 6.33. The molecule has 13 heteroatoms. The van der Waals surface area contributed by atoms with Crippen molar-refractivity contribution in [2.45, 2.75) is 57.5 Å². The Morgan fingerprint density at radius 2 is 1.94 bits per heavy atom. The van der Waals surface area contributed by atoms with E-state index >= 15 is 0 Å². The summed E-state index contributed by atoms with van der Waals surface area (Å²) in [6.07, 6.45) is -0.539. The van der Waals surface area contributed by atoms with Crippen LogP contribution in [-0.4, -0.2) is 64.8 Å². The predicted octanol–water partition coefficient (Wildman–Crippen LogP) is 3.05.